The highest BCUT2D eigenvalue weighted by molar-refractivity contribution is 7.46. The van der Waals surface area contributed by atoms with Crippen molar-refractivity contribution in [2.45, 2.75) is 39.5 Å². The number of hydrogen-bond donors (Lipinski definition) is 6. The number of aliphatic hydroxyl groups excluding tert-OH is 2. The van der Waals surface area contributed by atoms with Crippen LogP contribution in [0.4, 0.5) is 0 Å². The normalized spacial score (nSPS) is 13.9. The van der Waals surface area contributed by atoms with Crippen LogP contribution >= 0.6 is 7.82 Å². The van der Waals surface area contributed by atoms with Gasteiger partial charge in [0.15, 0.2) is 0 Å². The third-order valence-corrected chi connectivity index (χ3v) is 5.54. The second-order valence-corrected chi connectivity index (χ2v) is 9.58. The van der Waals surface area contributed by atoms with Crippen molar-refractivity contribution in [1.82, 2.24) is 20.4 Å². The fourth-order valence-corrected chi connectivity index (χ4v) is 3.71. The number of nitrogens with zero attached hydrogens (tertiary/aromatic N) is 2. The van der Waals surface area contributed by atoms with Crippen LogP contribution in [-0.2, 0) is 15.6 Å². The summed E-state index contributed by atoms with van der Waals surface area (Å²) in [4.78, 5) is 33.7. The van der Waals surface area contributed by atoms with Crippen LogP contribution in [0, 0.1) is 0 Å². The van der Waals surface area contributed by atoms with E-state index in [1.807, 2.05) is 12.1 Å². The number of likely N-dealkylation sites (N-methyl/N-ethyl adjacent to an activating group) is 1. The quantitative estimate of drug-likeness (QED) is 0.119. The van der Waals surface area contributed by atoms with Crippen molar-refractivity contribution in [3.8, 4) is 0 Å². The lowest BCUT2D eigenvalue weighted by molar-refractivity contribution is 0.0941. The molecule has 12 heteroatoms. The maximum atomic E-state index is 12.1. The van der Waals surface area contributed by atoms with Crippen LogP contribution in [-0.4, -0.2) is 107 Å². The van der Waals surface area contributed by atoms with Gasteiger partial charge in [-0.15, -0.1) is 0 Å². The zero-order valence-corrected chi connectivity index (χ0v) is 21.3. The first-order chi connectivity index (χ1) is 16.0. The van der Waals surface area contributed by atoms with E-state index in [1.54, 1.807) is 26.0 Å². The number of rotatable bonds is 18. The summed E-state index contributed by atoms with van der Waals surface area (Å²) in [5, 5.41) is 25.3. The summed E-state index contributed by atoms with van der Waals surface area (Å²) < 4.78 is 14.9. The summed E-state index contributed by atoms with van der Waals surface area (Å²) in [5.74, 6) is -0.348. The molecule has 2 atom stereocenters. The van der Waals surface area contributed by atoms with E-state index in [0.717, 1.165) is 38.3 Å². The molecule has 1 aromatic rings. The SMILES string of the molecule is CCN(CCN(CCNCc1ccc(C(=O)NCCOP(=O)(O)O)cc1)C[C@H](C)O)C[C@H](C)O. The summed E-state index contributed by atoms with van der Waals surface area (Å²) >= 11 is 0. The third kappa shape index (κ3) is 14.8. The van der Waals surface area contributed by atoms with E-state index in [4.69, 9.17) is 9.79 Å². The van der Waals surface area contributed by atoms with E-state index in [2.05, 4.69) is 31.9 Å². The van der Waals surface area contributed by atoms with E-state index in [9.17, 15) is 19.6 Å². The molecule has 6 N–H and O–H groups in total. The van der Waals surface area contributed by atoms with Gasteiger partial charge in [0, 0.05) is 57.9 Å². The van der Waals surface area contributed by atoms with Gasteiger partial charge in [-0.1, -0.05) is 19.1 Å². The molecule has 0 aromatic heterocycles. The highest BCUT2D eigenvalue weighted by Gasteiger charge is 2.14. The summed E-state index contributed by atoms with van der Waals surface area (Å²) in [6.07, 6.45) is -0.792. The minimum Gasteiger partial charge on any atom is -0.392 e. The van der Waals surface area contributed by atoms with E-state index < -0.39 is 13.9 Å². The number of phosphoric ester groups is 1. The minimum absolute atomic E-state index is 0.00868. The topological polar surface area (TPSA) is 155 Å². The minimum atomic E-state index is -4.53. The Morgan fingerprint density at radius 3 is 2.15 bits per heavy atom. The lowest BCUT2D eigenvalue weighted by atomic mass is 10.1. The zero-order chi connectivity index (χ0) is 25.6. The van der Waals surface area contributed by atoms with Gasteiger partial charge in [-0.25, -0.2) is 4.57 Å². The second-order valence-electron chi connectivity index (χ2n) is 8.35. The van der Waals surface area contributed by atoms with Gasteiger partial charge in [0.1, 0.15) is 0 Å². The number of nitrogens with one attached hydrogen (secondary N) is 2. The van der Waals surface area contributed by atoms with Crippen LogP contribution in [0.2, 0.25) is 0 Å². The summed E-state index contributed by atoms with van der Waals surface area (Å²) in [6.45, 7) is 11.2. The lowest BCUT2D eigenvalue weighted by Crippen LogP contribution is -2.42. The maximum absolute atomic E-state index is 12.1. The van der Waals surface area contributed by atoms with Crippen LogP contribution in [0.3, 0.4) is 0 Å². The molecule has 0 fully saturated rings. The number of carbonyl (C=O) groups excluding carboxylic acids is 1. The predicted molar refractivity (Wildman–Crippen MR) is 130 cm³/mol. The summed E-state index contributed by atoms with van der Waals surface area (Å²) in [6, 6.07) is 7.07. The molecule has 0 saturated carbocycles. The first-order valence-corrected chi connectivity index (χ1v) is 13.1. The fraction of sp³-hybridized carbons (Fsp3) is 0.682. The monoisotopic (exact) mass is 504 g/mol. The average molecular weight is 505 g/mol. The summed E-state index contributed by atoms with van der Waals surface area (Å²) in [5.41, 5.74) is 1.46. The van der Waals surface area contributed by atoms with Crippen molar-refractivity contribution in [2.75, 3.05) is 59.0 Å². The standard InChI is InChI=1S/C22H41N4O7P/c1-4-25(16-18(2)27)12-13-26(17-19(3)28)11-9-23-15-20-5-7-21(8-6-20)22(29)24-10-14-33-34(30,31)32/h5-8,18-19,23,27-28H,4,9-17H2,1-3H3,(H,24,29)(H2,30,31,32)/t18-,19-/m0/s1. The highest BCUT2D eigenvalue weighted by Crippen LogP contribution is 2.35. The van der Waals surface area contributed by atoms with Gasteiger partial charge >= 0.3 is 7.82 Å². The Balaban J connectivity index is 2.39. The number of amides is 1. The Morgan fingerprint density at radius 2 is 1.59 bits per heavy atom. The fourth-order valence-electron chi connectivity index (χ4n) is 3.38. The smallest absolute Gasteiger partial charge is 0.392 e. The predicted octanol–water partition coefficient (Wildman–Crippen LogP) is 0.000800. The Bertz CT molecular complexity index is 743. The van der Waals surface area contributed by atoms with E-state index in [0.29, 0.717) is 25.2 Å². The number of hydrogen-bond acceptors (Lipinski definition) is 8. The number of benzene rings is 1. The van der Waals surface area contributed by atoms with Gasteiger partial charge in [-0.05, 0) is 38.1 Å². The van der Waals surface area contributed by atoms with Crippen LogP contribution < -0.4 is 10.6 Å². The highest BCUT2D eigenvalue weighted by atomic mass is 31.2. The molecule has 1 rings (SSSR count). The number of carbonyl (C=O) groups is 1. The molecule has 34 heavy (non-hydrogen) atoms. The van der Waals surface area contributed by atoms with Crippen molar-refractivity contribution in [3.05, 3.63) is 35.4 Å². The van der Waals surface area contributed by atoms with Gasteiger partial charge in [0.2, 0.25) is 0 Å². The van der Waals surface area contributed by atoms with Crippen molar-refractivity contribution in [1.29, 1.82) is 0 Å². The molecule has 0 radical (unpaired) electrons. The molecular formula is C22H41N4O7P. The van der Waals surface area contributed by atoms with Crippen LogP contribution in [0.1, 0.15) is 36.7 Å². The van der Waals surface area contributed by atoms with E-state index in [-0.39, 0.29) is 25.2 Å². The molecule has 11 nitrogen and oxygen atoms in total. The van der Waals surface area contributed by atoms with Gasteiger partial charge in [0.25, 0.3) is 5.91 Å². The van der Waals surface area contributed by atoms with Crippen LogP contribution in [0.5, 0.6) is 0 Å². The molecule has 0 aliphatic carbocycles. The molecule has 0 unspecified atom stereocenters. The Kier molecular flexibility index (Phi) is 14.7. The zero-order valence-electron chi connectivity index (χ0n) is 20.4. The van der Waals surface area contributed by atoms with Gasteiger partial charge in [-0.3, -0.25) is 19.1 Å². The van der Waals surface area contributed by atoms with E-state index >= 15 is 0 Å². The van der Waals surface area contributed by atoms with Gasteiger partial charge < -0.3 is 30.6 Å². The van der Waals surface area contributed by atoms with E-state index in [1.165, 1.54) is 0 Å². The van der Waals surface area contributed by atoms with Gasteiger partial charge in [-0.2, -0.15) is 0 Å². The molecule has 1 aromatic carbocycles. The summed E-state index contributed by atoms with van der Waals surface area (Å²) in [7, 11) is -4.53. The molecule has 0 aliphatic rings. The van der Waals surface area contributed by atoms with Crippen LogP contribution in [0.15, 0.2) is 24.3 Å². The molecule has 1 amide bonds. The molecule has 0 spiro atoms. The van der Waals surface area contributed by atoms with Crippen molar-refractivity contribution in [2.24, 2.45) is 0 Å². The molecular weight excluding hydrogens is 463 g/mol. The number of aliphatic hydroxyl groups is 2. The molecule has 196 valence electrons. The van der Waals surface area contributed by atoms with Crippen molar-refractivity contribution < 1.29 is 33.9 Å². The van der Waals surface area contributed by atoms with Gasteiger partial charge in [0.05, 0.1) is 18.8 Å². The molecule has 0 bridgehead atoms. The maximum Gasteiger partial charge on any atom is 0.469 e. The largest absolute Gasteiger partial charge is 0.469 e. The lowest BCUT2D eigenvalue weighted by Gasteiger charge is -2.28. The first-order valence-electron chi connectivity index (χ1n) is 11.6. The molecule has 0 heterocycles. The first kappa shape index (κ1) is 30.6. The Labute approximate surface area is 202 Å². The molecule has 0 saturated heterocycles. The average Bonchev–Trinajstić information content (AvgIpc) is 2.75. The third-order valence-electron chi connectivity index (χ3n) is 5.02. The number of phosphoric acid groups is 1. The van der Waals surface area contributed by atoms with Crippen molar-refractivity contribution in [3.63, 3.8) is 0 Å². The van der Waals surface area contributed by atoms with Crippen molar-refractivity contribution >= 4 is 13.7 Å². The Hall–Kier alpha value is -1.40. The Morgan fingerprint density at radius 1 is 1.00 bits per heavy atom. The van der Waals surface area contributed by atoms with Crippen LogP contribution in [0.25, 0.3) is 0 Å². The molecule has 0 aliphatic heterocycles. The second kappa shape index (κ2) is 16.3.